The zero-order chi connectivity index (χ0) is 16.8. The van der Waals surface area contributed by atoms with Crippen LogP contribution >= 0.6 is 11.3 Å². The van der Waals surface area contributed by atoms with Crippen LogP contribution in [0.2, 0.25) is 0 Å². The maximum Gasteiger partial charge on any atom is 0.263 e. The minimum Gasteiger partial charge on any atom is -0.394 e. The Labute approximate surface area is 141 Å². The van der Waals surface area contributed by atoms with Gasteiger partial charge in [0, 0.05) is 6.42 Å². The molecule has 0 saturated heterocycles. The molecule has 0 saturated carbocycles. The van der Waals surface area contributed by atoms with E-state index in [1.807, 2.05) is 25.1 Å². The second-order valence-corrected chi connectivity index (χ2v) is 7.25. The van der Waals surface area contributed by atoms with Crippen LogP contribution in [0.4, 0.5) is 0 Å². The van der Waals surface area contributed by atoms with Crippen molar-refractivity contribution < 1.29 is 9.90 Å². The van der Waals surface area contributed by atoms with Gasteiger partial charge in [0.05, 0.1) is 23.4 Å². The molecular formula is C18H24N2O2S. The second-order valence-electron chi connectivity index (χ2n) is 6.17. The summed E-state index contributed by atoms with van der Waals surface area (Å²) in [5.74, 6) is 0.280. The Kier molecular flexibility index (Phi) is 6.30. The van der Waals surface area contributed by atoms with Crippen molar-refractivity contribution in [1.29, 1.82) is 0 Å². The third kappa shape index (κ3) is 5.15. The number of aryl methyl sites for hydroxylation is 1. The van der Waals surface area contributed by atoms with E-state index in [2.05, 4.69) is 36.3 Å². The van der Waals surface area contributed by atoms with E-state index in [1.165, 1.54) is 16.9 Å². The first-order valence-electron chi connectivity index (χ1n) is 7.91. The highest BCUT2D eigenvalue weighted by atomic mass is 32.1. The molecule has 0 aliphatic carbocycles. The molecule has 1 unspecified atom stereocenters. The molecule has 0 bridgehead atoms. The van der Waals surface area contributed by atoms with Crippen molar-refractivity contribution in [2.75, 3.05) is 6.61 Å². The number of rotatable bonds is 7. The van der Waals surface area contributed by atoms with E-state index < -0.39 is 0 Å². The van der Waals surface area contributed by atoms with Gasteiger partial charge in [0.25, 0.3) is 5.91 Å². The van der Waals surface area contributed by atoms with Gasteiger partial charge in [-0.05, 0) is 24.8 Å². The van der Waals surface area contributed by atoms with Crippen molar-refractivity contribution in [1.82, 2.24) is 10.3 Å². The molecule has 2 N–H and O–H groups in total. The molecule has 1 aromatic heterocycles. The molecule has 1 heterocycles. The van der Waals surface area contributed by atoms with Crippen molar-refractivity contribution >= 4 is 17.2 Å². The van der Waals surface area contributed by atoms with E-state index in [-0.39, 0.29) is 18.6 Å². The predicted octanol–water partition coefficient (Wildman–Crippen LogP) is 3.18. The molecule has 0 fully saturated rings. The largest absolute Gasteiger partial charge is 0.394 e. The van der Waals surface area contributed by atoms with Crippen LogP contribution in [0.15, 0.2) is 30.3 Å². The summed E-state index contributed by atoms with van der Waals surface area (Å²) in [5.41, 5.74) is 1.93. The molecule has 124 valence electrons. The topological polar surface area (TPSA) is 62.2 Å². The maximum absolute atomic E-state index is 12.4. The summed E-state index contributed by atoms with van der Waals surface area (Å²) in [6.07, 6.45) is 1.49. The van der Waals surface area contributed by atoms with Gasteiger partial charge in [-0.25, -0.2) is 4.98 Å². The van der Waals surface area contributed by atoms with Crippen LogP contribution in [-0.4, -0.2) is 28.6 Å². The van der Waals surface area contributed by atoms with Gasteiger partial charge in [0.2, 0.25) is 0 Å². The summed E-state index contributed by atoms with van der Waals surface area (Å²) in [7, 11) is 0. The summed E-state index contributed by atoms with van der Waals surface area (Å²) in [5, 5.41) is 13.3. The monoisotopic (exact) mass is 332 g/mol. The number of hydrogen-bond donors (Lipinski definition) is 2. The average molecular weight is 332 g/mol. The van der Waals surface area contributed by atoms with Gasteiger partial charge in [0.15, 0.2) is 0 Å². The van der Waals surface area contributed by atoms with E-state index in [4.69, 9.17) is 0 Å². The van der Waals surface area contributed by atoms with Crippen molar-refractivity contribution in [3.8, 4) is 0 Å². The third-order valence-corrected chi connectivity index (χ3v) is 4.71. The zero-order valence-corrected chi connectivity index (χ0v) is 14.7. The number of thiazole rings is 1. The van der Waals surface area contributed by atoms with Gasteiger partial charge in [-0.1, -0.05) is 44.2 Å². The van der Waals surface area contributed by atoms with Gasteiger partial charge in [-0.2, -0.15) is 0 Å². The summed E-state index contributed by atoms with van der Waals surface area (Å²) in [4.78, 5) is 17.6. The standard InChI is InChI=1S/C18H24N2O2S/c1-12(2)9-15(11-21)20-18(22)17-13(3)19-16(23-17)10-14-7-5-4-6-8-14/h4-8,12,15,21H,9-11H2,1-3H3,(H,20,22). The second kappa shape index (κ2) is 8.22. The molecule has 0 radical (unpaired) electrons. The Bertz CT molecular complexity index is 638. The Morgan fingerprint density at radius 3 is 2.61 bits per heavy atom. The first-order chi connectivity index (χ1) is 11.0. The molecule has 5 heteroatoms. The Morgan fingerprint density at radius 2 is 2.00 bits per heavy atom. The highest BCUT2D eigenvalue weighted by Crippen LogP contribution is 2.21. The van der Waals surface area contributed by atoms with Gasteiger partial charge in [-0.15, -0.1) is 11.3 Å². The lowest BCUT2D eigenvalue weighted by Crippen LogP contribution is -2.38. The van der Waals surface area contributed by atoms with Crippen LogP contribution in [0.25, 0.3) is 0 Å². The van der Waals surface area contributed by atoms with E-state index in [0.717, 1.165) is 23.5 Å². The minimum atomic E-state index is -0.207. The molecule has 0 aliphatic heterocycles. The number of benzene rings is 1. The Morgan fingerprint density at radius 1 is 1.30 bits per heavy atom. The summed E-state index contributed by atoms with van der Waals surface area (Å²) in [6.45, 7) is 5.96. The summed E-state index contributed by atoms with van der Waals surface area (Å²) in [6, 6.07) is 9.89. The molecule has 0 spiro atoms. The number of amides is 1. The molecular weight excluding hydrogens is 308 g/mol. The number of aliphatic hydroxyl groups excluding tert-OH is 1. The van der Waals surface area contributed by atoms with Gasteiger partial charge in [-0.3, -0.25) is 4.79 Å². The molecule has 1 atom stereocenters. The van der Waals surface area contributed by atoms with Crippen LogP contribution in [-0.2, 0) is 6.42 Å². The van der Waals surface area contributed by atoms with Crippen LogP contribution in [0.5, 0.6) is 0 Å². The fourth-order valence-electron chi connectivity index (χ4n) is 2.51. The van der Waals surface area contributed by atoms with Gasteiger partial charge >= 0.3 is 0 Å². The highest BCUT2D eigenvalue weighted by molar-refractivity contribution is 7.13. The number of nitrogens with one attached hydrogen (secondary N) is 1. The fourth-order valence-corrected chi connectivity index (χ4v) is 3.51. The number of hydrogen-bond acceptors (Lipinski definition) is 4. The Hall–Kier alpha value is -1.72. The Balaban J connectivity index is 2.06. The van der Waals surface area contributed by atoms with E-state index in [0.29, 0.717) is 10.8 Å². The number of nitrogens with zero attached hydrogens (tertiary/aromatic N) is 1. The first-order valence-corrected chi connectivity index (χ1v) is 8.73. The number of carbonyl (C=O) groups is 1. The SMILES string of the molecule is Cc1nc(Cc2ccccc2)sc1C(=O)NC(CO)CC(C)C. The lowest BCUT2D eigenvalue weighted by atomic mass is 10.0. The molecule has 23 heavy (non-hydrogen) atoms. The quantitative estimate of drug-likeness (QED) is 0.818. The van der Waals surface area contributed by atoms with Gasteiger partial charge < -0.3 is 10.4 Å². The lowest BCUT2D eigenvalue weighted by molar-refractivity contribution is 0.0911. The minimum absolute atomic E-state index is 0.0430. The number of aliphatic hydroxyl groups is 1. The van der Waals surface area contributed by atoms with E-state index in [1.54, 1.807) is 0 Å². The van der Waals surface area contributed by atoms with Crippen molar-refractivity contribution in [3.63, 3.8) is 0 Å². The van der Waals surface area contributed by atoms with Crippen molar-refractivity contribution in [3.05, 3.63) is 51.5 Å². The van der Waals surface area contributed by atoms with E-state index in [9.17, 15) is 9.90 Å². The molecule has 0 aliphatic rings. The summed E-state index contributed by atoms with van der Waals surface area (Å²) < 4.78 is 0. The predicted molar refractivity (Wildman–Crippen MR) is 93.9 cm³/mol. The average Bonchev–Trinajstić information content (AvgIpc) is 2.87. The van der Waals surface area contributed by atoms with Crippen molar-refractivity contribution in [2.45, 2.75) is 39.7 Å². The van der Waals surface area contributed by atoms with Crippen molar-refractivity contribution in [2.24, 2.45) is 5.92 Å². The lowest BCUT2D eigenvalue weighted by Gasteiger charge is -2.17. The number of carbonyl (C=O) groups excluding carboxylic acids is 1. The fraction of sp³-hybridized carbons (Fsp3) is 0.444. The first kappa shape index (κ1) is 17.6. The number of aromatic nitrogens is 1. The van der Waals surface area contributed by atoms with Gasteiger partial charge in [0.1, 0.15) is 4.88 Å². The normalized spacial score (nSPS) is 12.4. The highest BCUT2D eigenvalue weighted by Gasteiger charge is 2.19. The molecule has 2 rings (SSSR count). The third-order valence-electron chi connectivity index (χ3n) is 3.56. The molecule has 1 aromatic carbocycles. The molecule has 4 nitrogen and oxygen atoms in total. The van der Waals surface area contributed by atoms with E-state index >= 15 is 0 Å². The van der Waals surface area contributed by atoms with Crippen LogP contribution in [0, 0.1) is 12.8 Å². The molecule has 2 aromatic rings. The van der Waals surface area contributed by atoms with Crippen LogP contribution in [0.3, 0.4) is 0 Å². The van der Waals surface area contributed by atoms with Crippen LogP contribution in [0.1, 0.15) is 46.2 Å². The van der Waals surface area contributed by atoms with Crippen LogP contribution < -0.4 is 5.32 Å². The maximum atomic E-state index is 12.4. The zero-order valence-electron chi connectivity index (χ0n) is 13.9. The summed E-state index contributed by atoms with van der Waals surface area (Å²) >= 11 is 1.43. The smallest absolute Gasteiger partial charge is 0.263 e. The molecule has 1 amide bonds.